The average Bonchev–Trinajstić information content (AvgIpc) is 3.04. The van der Waals surface area contributed by atoms with Gasteiger partial charge in [-0.2, -0.15) is 0 Å². The second-order valence-electron chi connectivity index (χ2n) is 4.98. The highest BCUT2D eigenvalue weighted by Crippen LogP contribution is 2.09. The predicted octanol–water partition coefficient (Wildman–Crippen LogP) is 1.09. The maximum Gasteiger partial charge on any atom is 0.287 e. The normalized spacial score (nSPS) is 10.0. The van der Waals surface area contributed by atoms with Crippen LogP contribution in [0.3, 0.4) is 0 Å². The fraction of sp³-hybridized carbons (Fsp3) is 0.188. The van der Waals surface area contributed by atoms with Gasteiger partial charge in [-0.15, -0.1) is 0 Å². The third kappa shape index (κ3) is 4.44. The van der Waals surface area contributed by atoms with E-state index in [2.05, 4.69) is 16.2 Å². The summed E-state index contributed by atoms with van der Waals surface area (Å²) in [6, 6.07) is 8.42. The van der Waals surface area contributed by atoms with Gasteiger partial charge < -0.3 is 9.73 Å². The van der Waals surface area contributed by atoms with Crippen LogP contribution >= 0.6 is 0 Å². The Morgan fingerprint density at radius 2 is 1.83 bits per heavy atom. The first kappa shape index (κ1) is 16.3. The second kappa shape index (κ2) is 7.26. The molecule has 0 fully saturated rings. The summed E-state index contributed by atoms with van der Waals surface area (Å²) < 4.78 is 4.89. The number of furan rings is 1. The van der Waals surface area contributed by atoms with Crippen molar-refractivity contribution >= 4 is 17.7 Å². The maximum absolute atomic E-state index is 12.0. The molecule has 7 heteroatoms. The van der Waals surface area contributed by atoms with Crippen LogP contribution in [0.1, 0.15) is 32.0 Å². The van der Waals surface area contributed by atoms with Gasteiger partial charge in [0, 0.05) is 5.56 Å². The first-order valence-electron chi connectivity index (χ1n) is 6.95. The Bertz CT molecular complexity index is 723. The monoisotopic (exact) mass is 315 g/mol. The van der Waals surface area contributed by atoms with E-state index in [1.54, 1.807) is 12.1 Å². The van der Waals surface area contributed by atoms with Crippen LogP contribution in [0.4, 0.5) is 0 Å². The van der Waals surface area contributed by atoms with Crippen molar-refractivity contribution in [1.29, 1.82) is 0 Å². The van der Waals surface area contributed by atoms with Crippen LogP contribution in [0.25, 0.3) is 0 Å². The van der Waals surface area contributed by atoms with Gasteiger partial charge >= 0.3 is 0 Å². The van der Waals surface area contributed by atoms with Gasteiger partial charge in [-0.25, -0.2) is 0 Å². The van der Waals surface area contributed by atoms with Gasteiger partial charge in [-0.05, 0) is 37.6 Å². The Hall–Kier alpha value is -3.09. The lowest BCUT2D eigenvalue weighted by Crippen LogP contribution is -2.46. The van der Waals surface area contributed by atoms with Gasteiger partial charge in [-0.3, -0.25) is 25.2 Å². The molecule has 0 spiro atoms. The van der Waals surface area contributed by atoms with E-state index in [1.165, 1.54) is 12.3 Å². The minimum absolute atomic E-state index is 0.108. The summed E-state index contributed by atoms with van der Waals surface area (Å²) in [7, 11) is 0. The first-order valence-corrected chi connectivity index (χ1v) is 6.95. The molecule has 0 aliphatic heterocycles. The molecule has 3 amide bonds. The average molecular weight is 315 g/mol. The molecule has 0 saturated carbocycles. The number of carbonyl (C=O) groups is 3. The maximum atomic E-state index is 12.0. The van der Waals surface area contributed by atoms with E-state index in [1.807, 2.05) is 26.0 Å². The molecule has 1 heterocycles. The minimum atomic E-state index is -0.553. The van der Waals surface area contributed by atoms with E-state index in [0.717, 1.165) is 11.1 Å². The largest absolute Gasteiger partial charge is 0.459 e. The molecule has 120 valence electrons. The Morgan fingerprint density at radius 1 is 1.04 bits per heavy atom. The zero-order valence-electron chi connectivity index (χ0n) is 12.8. The lowest BCUT2D eigenvalue weighted by molar-refractivity contribution is -0.120. The Balaban J connectivity index is 1.80. The molecule has 0 radical (unpaired) electrons. The number of hydrazine groups is 1. The van der Waals surface area contributed by atoms with Gasteiger partial charge in [0.05, 0.1) is 12.8 Å². The quantitative estimate of drug-likeness (QED) is 0.735. The molecule has 0 saturated heterocycles. The standard InChI is InChI=1S/C16H17N3O4/c1-10-5-6-12(11(2)8-10)15(21)19-18-14(20)9-17-16(22)13-4-3-7-23-13/h3-8H,9H2,1-2H3,(H,17,22)(H,18,20)(H,19,21). The Kier molecular flexibility index (Phi) is 5.14. The molecule has 0 bridgehead atoms. The molecule has 1 aromatic carbocycles. The zero-order chi connectivity index (χ0) is 16.8. The number of hydrogen-bond acceptors (Lipinski definition) is 4. The van der Waals surface area contributed by atoms with Crippen LogP contribution in [-0.4, -0.2) is 24.3 Å². The van der Waals surface area contributed by atoms with Crippen molar-refractivity contribution in [2.75, 3.05) is 6.54 Å². The zero-order valence-corrected chi connectivity index (χ0v) is 12.8. The highest BCUT2D eigenvalue weighted by atomic mass is 16.3. The van der Waals surface area contributed by atoms with E-state index in [4.69, 9.17) is 4.42 Å². The second-order valence-corrected chi connectivity index (χ2v) is 4.98. The minimum Gasteiger partial charge on any atom is -0.459 e. The van der Waals surface area contributed by atoms with Gasteiger partial charge in [-0.1, -0.05) is 17.7 Å². The van der Waals surface area contributed by atoms with Crippen LogP contribution in [-0.2, 0) is 4.79 Å². The summed E-state index contributed by atoms with van der Waals surface area (Å²) in [5, 5.41) is 2.37. The first-order chi connectivity index (χ1) is 11.0. The van der Waals surface area contributed by atoms with Gasteiger partial charge in [0.2, 0.25) is 0 Å². The lowest BCUT2D eigenvalue weighted by Gasteiger charge is -2.10. The number of rotatable bonds is 4. The van der Waals surface area contributed by atoms with Crippen LogP contribution < -0.4 is 16.2 Å². The Morgan fingerprint density at radius 3 is 2.48 bits per heavy atom. The summed E-state index contributed by atoms with van der Waals surface area (Å²) >= 11 is 0. The lowest BCUT2D eigenvalue weighted by atomic mass is 10.1. The van der Waals surface area contributed by atoms with Crippen molar-refractivity contribution in [2.24, 2.45) is 0 Å². The summed E-state index contributed by atoms with van der Waals surface area (Å²) in [6.07, 6.45) is 1.36. The van der Waals surface area contributed by atoms with Crippen LogP contribution in [0.2, 0.25) is 0 Å². The van der Waals surface area contributed by atoms with E-state index in [0.29, 0.717) is 5.56 Å². The number of aryl methyl sites for hydroxylation is 2. The van der Waals surface area contributed by atoms with Gasteiger partial charge in [0.1, 0.15) is 0 Å². The van der Waals surface area contributed by atoms with Crippen molar-refractivity contribution in [3.63, 3.8) is 0 Å². The van der Waals surface area contributed by atoms with Gasteiger partial charge in [0.15, 0.2) is 5.76 Å². The third-order valence-corrected chi connectivity index (χ3v) is 3.10. The van der Waals surface area contributed by atoms with Crippen LogP contribution in [0.15, 0.2) is 41.0 Å². The van der Waals surface area contributed by atoms with Crippen molar-refractivity contribution in [3.8, 4) is 0 Å². The summed E-state index contributed by atoms with van der Waals surface area (Å²) in [5.74, 6) is -1.38. The molecule has 3 N–H and O–H groups in total. The number of carbonyl (C=O) groups excluding carboxylic acids is 3. The van der Waals surface area contributed by atoms with E-state index >= 15 is 0 Å². The van der Waals surface area contributed by atoms with E-state index < -0.39 is 17.7 Å². The molecule has 0 unspecified atom stereocenters. The number of amides is 3. The Labute approximate surface area is 133 Å². The summed E-state index contributed by atoms with van der Waals surface area (Å²) in [6.45, 7) is 3.46. The van der Waals surface area contributed by atoms with E-state index in [9.17, 15) is 14.4 Å². The SMILES string of the molecule is Cc1ccc(C(=O)NNC(=O)CNC(=O)c2ccco2)c(C)c1. The van der Waals surface area contributed by atoms with Crippen molar-refractivity contribution in [1.82, 2.24) is 16.2 Å². The molecule has 0 atom stereocenters. The number of hydrogen-bond donors (Lipinski definition) is 3. The topological polar surface area (TPSA) is 100 Å². The summed E-state index contributed by atoms with van der Waals surface area (Å²) in [4.78, 5) is 35.2. The van der Waals surface area contributed by atoms with Crippen LogP contribution in [0.5, 0.6) is 0 Å². The highest BCUT2D eigenvalue weighted by molar-refractivity contribution is 5.97. The molecule has 0 aliphatic carbocycles. The van der Waals surface area contributed by atoms with Crippen molar-refractivity contribution in [2.45, 2.75) is 13.8 Å². The van der Waals surface area contributed by atoms with Crippen LogP contribution in [0, 0.1) is 13.8 Å². The van der Waals surface area contributed by atoms with Gasteiger partial charge in [0.25, 0.3) is 17.7 Å². The fourth-order valence-corrected chi connectivity index (χ4v) is 1.96. The fourth-order valence-electron chi connectivity index (χ4n) is 1.96. The molecule has 7 nitrogen and oxygen atoms in total. The predicted molar refractivity (Wildman–Crippen MR) is 82.6 cm³/mol. The number of nitrogens with one attached hydrogen (secondary N) is 3. The molecule has 2 rings (SSSR count). The molecular formula is C16H17N3O4. The highest BCUT2D eigenvalue weighted by Gasteiger charge is 2.12. The van der Waals surface area contributed by atoms with Crippen molar-refractivity contribution < 1.29 is 18.8 Å². The molecule has 1 aromatic heterocycles. The third-order valence-electron chi connectivity index (χ3n) is 3.10. The van der Waals surface area contributed by atoms with E-state index in [-0.39, 0.29) is 12.3 Å². The number of benzene rings is 1. The molecule has 0 aliphatic rings. The van der Waals surface area contributed by atoms with Crippen molar-refractivity contribution in [3.05, 3.63) is 59.0 Å². The molecule has 2 aromatic rings. The smallest absolute Gasteiger partial charge is 0.287 e. The molecular weight excluding hydrogens is 298 g/mol. The molecule has 23 heavy (non-hydrogen) atoms. The summed E-state index contributed by atoms with van der Waals surface area (Å²) in [5.41, 5.74) is 6.87.